The topological polar surface area (TPSA) is 50.8 Å². The van der Waals surface area contributed by atoms with Crippen LogP contribution in [0.25, 0.3) is 0 Å². The number of ether oxygens (including phenoxy) is 2. The van der Waals surface area contributed by atoms with Gasteiger partial charge in [0.15, 0.2) is 0 Å². The van der Waals surface area contributed by atoms with E-state index >= 15 is 0 Å². The van der Waals surface area contributed by atoms with Gasteiger partial charge in [0.25, 0.3) is 0 Å². The van der Waals surface area contributed by atoms with E-state index in [1.165, 1.54) is 24.9 Å². The summed E-state index contributed by atoms with van der Waals surface area (Å²) in [6.07, 6.45) is 6.63. The largest absolute Gasteiger partial charge is 0.497 e. The number of likely N-dealkylation sites (tertiary alicyclic amines) is 1. The molecule has 3 fully saturated rings. The first-order valence-electron chi connectivity index (χ1n) is 13.0. The van der Waals surface area contributed by atoms with Gasteiger partial charge in [-0.3, -0.25) is 4.79 Å². The fourth-order valence-corrected chi connectivity index (χ4v) is 6.89. The Morgan fingerprint density at radius 3 is 2.64 bits per heavy atom. The van der Waals surface area contributed by atoms with Crippen molar-refractivity contribution in [2.45, 2.75) is 62.0 Å². The number of carbonyl (C=O) groups is 1. The molecular weight excluding hydrogens is 495 g/mol. The van der Waals surface area contributed by atoms with Gasteiger partial charge in [-0.1, -0.05) is 41.4 Å². The van der Waals surface area contributed by atoms with Gasteiger partial charge in [-0.2, -0.15) is 0 Å². The number of rotatable bonds is 8. The van der Waals surface area contributed by atoms with Crippen molar-refractivity contribution in [2.24, 2.45) is 5.92 Å². The fraction of sp³-hybridized carbons (Fsp3) is 0.552. The highest BCUT2D eigenvalue weighted by molar-refractivity contribution is 6.42. The third-order valence-corrected chi connectivity index (χ3v) is 9.38. The summed E-state index contributed by atoms with van der Waals surface area (Å²) in [7, 11) is 3.59. The van der Waals surface area contributed by atoms with Crippen molar-refractivity contribution < 1.29 is 14.3 Å². The Kier molecular flexibility index (Phi) is 7.56. The number of piperidine rings is 1. The average molecular weight is 532 g/mol. The van der Waals surface area contributed by atoms with Gasteiger partial charge in [0.2, 0.25) is 5.91 Å². The van der Waals surface area contributed by atoms with Gasteiger partial charge in [-0.15, -0.1) is 0 Å². The zero-order valence-corrected chi connectivity index (χ0v) is 22.7. The molecule has 0 bridgehead atoms. The van der Waals surface area contributed by atoms with E-state index in [2.05, 4.69) is 28.4 Å². The number of fused-ring (bicyclic) bond motifs is 1. The molecule has 2 saturated carbocycles. The number of hydrogen-bond donors (Lipinski definition) is 1. The van der Waals surface area contributed by atoms with Crippen molar-refractivity contribution in [3.63, 3.8) is 0 Å². The molecule has 0 aromatic heterocycles. The average Bonchev–Trinajstić information content (AvgIpc) is 3.70. The molecule has 1 aliphatic heterocycles. The predicted octanol–water partition coefficient (Wildman–Crippen LogP) is 5.65. The molecule has 3 atom stereocenters. The maximum atomic E-state index is 13.1. The second kappa shape index (κ2) is 10.5. The molecule has 2 aliphatic carbocycles. The summed E-state index contributed by atoms with van der Waals surface area (Å²) in [6, 6.07) is 13.9. The van der Waals surface area contributed by atoms with E-state index in [0.717, 1.165) is 56.0 Å². The molecule has 36 heavy (non-hydrogen) atoms. The molecule has 2 aromatic carbocycles. The van der Waals surface area contributed by atoms with Crippen molar-refractivity contribution >= 4 is 29.1 Å². The van der Waals surface area contributed by atoms with E-state index in [4.69, 9.17) is 32.7 Å². The number of carbonyl (C=O) groups excluding carboxylic acids is 1. The van der Waals surface area contributed by atoms with Crippen LogP contribution in [0.1, 0.15) is 49.7 Å². The van der Waals surface area contributed by atoms with Crippen molar-refractivity contribution in [1.82, 2.24) is 10.2 Å². The molecule has 0 radical (unpaired) electrons. The van der Waals surface area contributed by atoms with Crippen molar-refractivity contribution in [1.29, 1.82) is 0 Å². The summed E-state index contributed by atoms with van der Waals surface area (Å²) in [4.78, 5) is 15.7. The summed E-state index contributed by atoms with van der Waals surface area (Å²) >= 11 is 12.2. The quantitative estimate of drug-likeness (QED) is 0.478. The minimum absolute atomic E-state index is 0.00951. The maximum Gasteiger partial charge on any atom is 0.224 e. The van der Waals surface area contributed by atoms with E-state index < -0.39 is 0 Å². The van der Waals surface area contributed by atoms with Gasteiger partial charge in [0.05, 0.1) is 29.2 Å². The van der Waals surface area contributed by atoms with E-state index in [-0.39, 0.29) is 29.4 Å². The van der Waals surface area contributed by atoms with Gasteiger partial charge in [-0.05, 0) is 86.4 Å². The summed E-state index contributed by atoms with van der Waals surface area (Å²) in [5.41, 5.74) is 1.62. The highest BCUT2D eigenvalue weighted by Crippen LogP contribution is 2.54. The molecule has 5 nitrogen and oxygen atoms in total. The molecule has 1 amide bonds. The molecule has 5 rings (SSSR count). The van der Waals surface area contributed by atoms with Gasteiger partial charge in [0.1, 0.15) is 5.75 Å². The number of halogens is 2. The van der Waals surface area contributed by atoms with E-state index in [1.54, 1.807) is 19.2 Å². The highest BCUT2D eigenvalue weighted by Gasteiger charge is 2.59. The van der Waals surface area contributed by atoms with Crippen molar-refractivity contribution in [2.75, 3.05) is 33.9 Å². The normalized spacial score (nSPS) is 28.4. The minimum Gasteiger partial charge on any atom is -0.497 e. The Hall–Kier alpha value is -1.79. The SMILES string of the molecule is COc1cccc([C@@]23CCN(CC4CC4)C[C@@]2(OC)CC[C@@H](NC(=O)Cc2ccc(Cl)c(Cl)c2)C3)c1. The molecule has 1 saturated heterocycles. The lowest BCUT2D eigenvalue weighted by molar-refractivity contribution is -0.151. The zero-order chi connectivity index (χ0) is 25.3. The lowest BCUT2D eigenvalue weighted by Gasteiger charge is -2.60. The smallest absolute Gasteiger partial charge is 0.224 e. The molecule has 1 N–H and O–H groups in total. The number of benzene rings is 2. The molecule has 3 aliphatic rings. The van der Waals surface area contributed by atoms with E-state index in [1.807, 2.05) is 19.2 Å². The van der Waals surface area contributed by atoms with Crippen LogP contribution in [0, 0.1) is 5.92 Å². The van der Waals surface area contributed by atoms with Crippen LogP contribution in [0.2, 0.25) is 10.0 Å². The number of amides is 1. The first kappa shape index (κ1) is 25.8. The highest BCUT2D eigenvalue weighted by atomic mass is 35.5. The van der Waals surface area contributed by atoms with Crippen molar-refractivity contribution in [3.05, 3.63) is 63.6 Å². The van der Waals surface area contributed by atoms with Gasteiger partial charge in [-0.25, -0.2) is 0 Å². The van der Waals surface area contributed by atoms with Crippen LogP contribution in [-0.4, -0.2) is 56.3 Å². The lowest BCUT2D eigenvalue weighted by atomic mass is 9.55. The van der Waals surface area contributed by atoms with Crippen LogP contribution >= 0.6 is 23.2 Å². The molecule has 0 spiro atoms. The van der Waals surface area contributed by atoms with Crippen LogP contribution < -0.4 is 10.1 Å². The van der Waals surface area contributed by atoms with Crippen LogP contribution in [0.4, 0.5) is 0 Å². The Balaban J connectivity index is 1.39. The standard InChI is InChI=1S/C29H36Cl2N2O3/c1-35-24-5-3-4-22(16-24)28-12-13-33(18-20-6-7-20)19-29(28,36-2)11-10-23(17-28)32-27(34)15-21-8-9-25(30)26(31)14-21/h3-5,8-9,14,16,20,23H,6-7,10-13,15,17-19H2,1-2H3,(H,32,34)/t23-,28+,29+/m1/s1. The Morgan fingerprint density at radius 2 is 1.92 bits per heavy atom. The van der Waals surface area contributed by atoms with Gasteiger partial charge in [0, 0.05) is 31.7 Å². The predicted molar refractivity (Wildman–Crippen MR) is 144 cm³/mol. The second-order valence-corrected chi connectivity index (χ2v) is 11.7. The Labute approximate surface area is 224 Å². The summed E-state index contributed by atoms with van der Waals surface area (Å²) < 4.78 is 12.1. The monoisotopic (exact) mass is 530 g/mol. The molecule has 1 heterocycles. The third-order valence-electron chi connectivity index (χ3n) is 8.64. The van der Waals surface area contributed by atoms with Crippen LogP contribution in [0.5, 0.6) is 5.75 Å². The number of nitrogens with zero attached hydrogens (tertiary/aromatic N) is 1. The lowest BCUT2D eigenvalue weighted by Crippen LogP contribution is -2.68. The first-order chi connectivity index (χ1) is 17.4. The van der Waals surface area contributed by atoms with Crippen LogP contribution in [0.15, 0.2) is 42.5 Å². The van der Waals surface area contributed by atoms with E-state index in [9.17, 15) is 4.79 Å². The van der Waals surface area contributed by atoms with E-state index in [0.29, 0.717) is 10.0 Å². The minimum atomic E-state index is -0.294. The van der Waals surface area contributed by atoms with Gasteiger partial charge < -0.3 is 19.7 Å². The fourth-order valence-electron chi connectivity index (χ4n) is 6.57. The summed E-state index contributed by atoms with van der Waals surface area (Å²) in [6.45, 7) is 3.15. The first-order valence-corrected chi connectivity index (χ1v) is 13.8. The number of methoxy groups -OCH3 is 2. The Morgan fingerprint density at radius 1 is 1.08 bits per heavy atom. The van der Waals surface area contributed by atoms with Crippen LogP contribution in [-0.2, 0) is 21.4 Å². The molecule has 0 unspecified atom stereocenters. The van der Waals surface area contributed by atoms with Crippen LogP contribution in [0.3, 0.4) is 0 Å². The summed E-state index contributed by atoms with van der Waals surface area (Å²) in [5.74, 6) is 1.72. The zero-order valence-electron chi connectivity index (χ0n) is 21.2. The summed E-state index contributed by atoms with van der Waals surface area (Å²) in [5, 5.41) is 4.31. The Bertz CT molecular complexity index is 1110. The number of nitrogens with one attached hydrogen (secondary N) is 1. The van der Waals surface area contributed by atoms with Crippen molar-refractivity contribution in [3.8, 4) is 5.75 Å². The molecule has 7 heteroatoms. The second-order valence-electron chi connectivity index (χ2n) is 10.9. The molecular formula is C29H36Cl2N2O3. The number of hydrogen-bond acceptors (Lipinski definition) is 4. The molecule has 2 aromatic rings. The molecule has 194 valence electrons. The van der Waals surface area contributed by atoms with Gasteiger partial charge >= 0.3 is 0 Å². The maximum absolute atomic E-state index is 13.1. The third kappa shape index (κ3) is 5.13.